The van der Waals surface area contributed by atoms with Gasteiger partial charge in [0.2, 0.25) is 5.78 Å². The fraction of sp³-hybridized carbons (Fsp3) is 0.316. The van der Waals surface area contributed by atoms with E-state index >= 15 is 0 Å². The minimum atomic E-state index is -0.679. The third-order valence-corrected chi connectivity index (χ3v) is 4.95. The first-order chi connectivity index (χ1) is 12.5. The van der Waals surface area contributed by atoms with Gasteiger partial charge < -0.3 is 14.7 Å². The van der Waals surface area contributed by atoms with Gasteiger partial charge in [0.15, 0.2) is 5.76 Å². The largest absolute Gasteiger partial charge is 0.503 e. The van der Waals surface area contributed by atoms with E-state index < -0.39 is 17.7 Å². The predicted molar refractivity (Wildman–Crippen MR) is 98.1 cm³/mol. The van der Waals surface area contributed by atoms with Crippen molar-refractivity contribution in [2.45, 2.75) is 26.0 Å². The van der Waals surface area contributed by atoms with Crippen LogP contribution in [0.5, 0.6) is 0 Å². The molecule has 0 bridgehead atoms. The Balaban J connectivity index is 1.97. The Morgan fingerprint density at radius 2 is 2.19 bits per heavy atom. The van der Waals surface area contributed by atoms with Gasteiger partial charge in [-0.3, -0.25) is 14.6 Å². The number of ether oxygens (including phenoxy) is 1. The van der Waals surface area contributed by atoms with Crippen LogP contribution < -0.4 is 0 Å². The molecule has 0 spiro atoms. The first-order valence-corrected chi connectivity index (χ1v) is 9.22. The SMILES string of the molecule is CC(C)OCCN1C(=O)C(O)=C(C(=O)c2cccs2)C1c1cccnc1. The van der Waals surface area contributed by atoms with Crippen molar-refractivity contribution in [3.63, 3.8) is 0 Å². The number of carbonyl (C=O) groups excluding carboxylic acids is 2. The Morgan fingerprint density at radius 3 is 2.81 bits per heavy atom. The molecular weight excluding hydrogens is 352 g/mol. The number of hydrogen-bond donors (Lipinski definition) is 1. The minimum absolute atomic E-state index is 0.0262. The second-order valence-electron chi connectivity index (χ2n) is 6.18. The lowest BCUT2D eigenvalue weighted by Gasteiger charge is -2.26. The normalized spacial score (nSPS) is 17.4. The molecule has 0 aliphatic carbocycles. The number of nitrogens with zero attached hydrogens (tertiary/aromatic N) is 2. The Bertz CT molecular complexity index is 815. The van der Waals surface area contributed by atoms with Gasteiger partial charge in [0.05, 0.1) is 29.2 Å². The van der Waals surface area contributed by atoms with E-state index in [4.69, 9.17) is 4.74 Å². The Hall–Kier alpha value is -2.51. The van der Waals surface area contributed by atoms with Crippen LogP contribution in [0.15, 0.2) is 53.4 Å². The molecule has 0 saturated heterocycles. The maximum atomic E-state index is 12.9. The molecule has 6 nitrogen and oxygen atoms in total. The maximum absolute atomic E-state index is 12.9. The summed E-state index contributed by atoms with van der Waals surface area (Å²) in [7, 11) is 0. The minimum Gasteiger partial charge on any atom is -0.503 e. The van der Waals surface area contributed by atoms with Gasteiger partial charge in [0.25, 0.3) is 5.91 Å². The number of aromatic nitrogens is 1. The molecule has 0 saturated carbocycles. The van der Waals surface area contributed by atoms with Crippen LogP contribution in [0.1, 0.15) is 35.1 Å². The van der Waals surface area contributed by atoms with E-state index in [2.05, 4.69) is 4.98 Å². The predicted octanol–water partition coefficient (Wildman–Crippen LogP) is 3.15. The van der Waals surface area contributed by atoms with Crippen molar-refractivity contribution in [1.82, 2.24) is 9.88 Å². The summed E-state index contributed by atoms with van der Waals surface area (Å²) in [4.78, 5) is 31.6. The molecule has 0 aromatic carbocycles. The Labute approximate surface area is 155 Å². The molecule has 136 valence electrons. The van der Waals surface area contributed by atoms with E-state index in [-0.39, 0.29) is 24.0 Å². The van der Waals surface area contributed by atoms with E-state index in [1.807, 2.05) is 13.8 Å². The summed E-state index contributed by atoms with van der Waals surface area (Å²) in [5.74, 6) is -1.40. The van der Waals surface area contributed by atoms with Crippen LogP contribution in [-0.2, 0) is 9.53 Å². The lowest BCUT2D eigenvalue weighted by Crippen LogP contribution is -2.34. The van der Waals surface area contributed by atoms with Crippen molar-refractivity contribution < 1.29 is 19.4 Å². The quantitative estimate of drug-likeness (QED) is 0.755. The summed E-state index contributed by atoms with van der Waals surface area (Å²) in [5, 5.41) is 12.2. The van der Waals surface area contributed by atoms with Crippen LogP contribution in [0.25, 0.3) is 0 Å². The third kappa shape index (κ3) is 3.54. The van der Waals surface area contributed by atoms with Gasteiger partial charge in [0.1, 0.15) is 0 Å². The number of hydrogen-bond acceptors (Lipinski definition) is 6. The lowest BCUT2D eigenvalue weighted by atomic mass is 9.96. The Morgan fingerprint density at radius 1 is 1.38 bits per heavy atom. The summed E-state index contributed by atoms with van der Waals surface area (Å²) in [5.41, 5.74) is 0.768. The number of amides is 1. The van der Waals surface area contributed by atoms with Crippen LogP contribution in [0.2, 0.25) is 0 Å². The number of aliphatic hydroxyl groups is 1. The van der Waals surface area contributed by atoms with Gasteiger partial charge in [-0.05, 0) is 36.9 Å². The average molecular weight is 372 g/mol. The molecule has 1 atom stereocenters. The molecule has 26 heavy (non-hydrogen) atoms. The second-order valence-corrected chi connectivity index (χ2v) is 7.12. The molecule has 1 N–H and O–H groups in total. The molecule has 2 aromatic rings. The first-order valence-electron chi connectivity index (χ1n) is 8.34. The van der Waals surface area contributed by atoms with Crippen LogP contribution >= 0.6 is 11.3 Å². The molecule has 1 aliphatic heterocycles. The summed E-state index contributed by atoms with van der Waals surface area (Å²) >= 11 is 1.28. The Kier molecular flexibility index (Phi) is 5.49. The number of pyridine rings is 1. The van der Waals surface area contributed by atoms with Crippen LogP contribution in [0, 0.1) is 0 Å². The number of aliphatic hydroxyl groups excluding tert-OH is 1. The highest BCUT2D eigenvalue weighted by Crippen LogP contribution is 2.38. The molecule has 0 radical (unpaired) electrons. The zero-order chi connectivity index (χ0) is 18.7. The fourth-order valence-corrected chi connectivity index (χ4v) is 3.61. The number of rotatable bonds is 7. The standard InChI is InChI=1S/C19H20N2O4S/c1-12(2)25-9-8-21-16(13-5-3-7-20-11-13)15(18(23)19(21)24)17(22)14-6-4-10-26-14/h3-7,10-12,16,23H,8-9H2,1-2H3. The van der Waals surface area contributed by atoms with Gasteiger partial charge in [-0.25, -0.2) is 0 Å². The molecule has 7 heteroatoms. The zero-order valence-electron chi connectivity index (χ0n) is 14.6. The highest BCUT2D eigenvalue weighted by Gasteiger charge is 2.43. The molecule has 1 aliphatic rings. The van der Waals surface area contributed by atoms with E-state index in [1.54, 1.807) is 42.0 Å². The van der Waals surface area contributed by atoms with Gasteiger partial charge in [-0.2, -0.15) is 0 Å². The van der Waals surface area contributed by atoms with Crippen molar-refractivity contribution in [3.05, 3.63) is 63.8 Å². The topological polar surface area (TPSA) is 79.7 Å². The average Bonchev–Trinajstić information content (AvgIpc) is 3.24. The first kappa shape index (κ1) is 18.3. The van der Waals surface area contributed by atoms with Gasteiger partial charge in [0, 0.05) is 18.9 Å². The molecule has 2 aromatic heterocycles. The van der Waals surface area contributed by atoms with E-state index in [9.17, 15) is 14.7 Å². The monoisotopic (exact) mass is 372 g/mol. The molecule has 3 heterocycles. The van der Waals surface area contributed by atoms with Gasteiger partial charge in [-0.15, -0.1) is 11.3 Å². The van der Waals surface area contributed by atoms with Crippen LogP contribution in [0.3, 0.4) is 0 Å². The molecule has 3 rings (SSSR count). The third-order valence-electron chi connectivity index (χ3n) is 4.08. The van der Waals surface area contributed by atoms with Crippen LogP contribution in [-0.4, -0.2) is 45.9 Å². The summed E-state index contributed by atoms with van der Waals surface area (Å²) in [6.45, 7) is 4.40. The fourth-order valence-electron chi connectivity index (χ4n) is 2.93. The smallest absolute Gasteiger partial charge is 0.290 e. The molecule has 1 amide bonds. The highest BCUT2D eigenvalue weighted by atomic mass is 32.1. The van der Waals surface area contributed by atoms with E-state index in [1.165, 1.54) is 16.2 Å². The summed E-state index contributed by atoms with van der Waals surface area (Å²) < 4.78 is 5.55. The number of ketones is 1. The molecular formula is C19H20N2O4S. The van der Waals surface area contributed by atoms with E-state index in [0.29, 0.717) is 17.0 Å². The number of thiophene rings is 1. The second kappa shape index (κ2) is 7.80. The van der Waals surface area contributed by atoms with Crippen LogP contribution in [0.4, 0.5) is 0 Å². The van der Waals surface area contributed by atoms with Gasteiger partial charge >= 0.3 is 0 Å². The van der Waals surface area contributed by atoms with Crippen molar-refractivity contribution in [2.75, 3.05) is 13.2 Å². The highest BCUT2D eigenvalue weighted by molar-refractivity contribution is 7.12. The molecule has 1 unspecified atom stereocenters. The summed E-state index contributed by atoms with van der Waals surface area (Å²) in [6.07, 6.45) is 3.25. The number of carbonyl (C=O) groups is 2. The van der Waals surface area contributed by atoms with Crippen molar-refractivity contribution in [3.8, 4) is 0 Å². The van der Waals surface area contributed by atoms with Crippen molar-refractivity contribution >= 4 is 23.0 Å². The summed E-state index contributed by atoms with van der Waals surface area (Å²) in [6, 6.07) is 6.30. The van der Waals surface area contributed by atoms with Crippen molar-refractivity contribution in [1.29, 1.82) is 0 Å². The zero-order valence-corrected chi connectivity index (χ0v) is 15.4. The lowest BCUT2D eigenvalue weighted by molar-refractivity contribution is -0.130. The van der Waals surface area contributed by atoms with Crippen molar-refractivity contribution in [2.24, 2.45) is 0 Å². The molecule has 0 fully saturated rings. The van der Waals surface area contributed by atoms with E-state index in [0.717, 1.165) is 0 Å². The van der Waals surface area contributed by atoms with Gasteiger partial charge in [-0.1, -0.05) is 12.1 Å². The number of Topliss-reactive ketones (excluding diaryl/α,β-unsaturated/α-hetero) is 1. The maximum Gasteiger partial charge on any atom is 0.290 e.